The van der Waals surface area contributed by atoms with Crippen molar-refractivity contribution >= 4 is 22.9 Å². The predicted octanol–water partition coefficient (Wildman–Crippen LogP) is 3.61. The molecule has 0 aliphatic heterocycles. The smallest absolute Gasteiger partial charge is 0.244 e. The molecule has 0 aliphatic carbocycles. The average Bonchev–Trinajstić information content (AvgIpc) is 2.98. The van der Waals surface area contributed by atoms with Gasteiger partial charge in [0.2, 0.25) is 5.91 Å². The van der Waals surface area contributed by atoms with Crippen molar-refractivity contribution in [2.24, 2.45) is 0 Å². The summed E-state index contributed by atoms with van der Waals surface area (Å²) in [6.45, 7) is 1.20. The van der Waals surface area contributed by atoms with Crippen molar-refractivity contribution in [2.75, 3.05) is 6.54 Å². The van der Waals surface area contributed by atoms with Crippen LogP contribution in [0.1, 0.15) is 5.56 Å². The highest BCUT2D eigenvalue weighted by Crippen LogP contribution is 2.14. The molecule has 0 atom stereocenters. The molecule has 0 fully saturated rings. The summed E-state index contributed by atoms with van der Waals surface area (Å²) in [6.07, 6.45) is 4.84. The summed E-state index contributed by atoms with van der Waals surface area (Å²) in [5.74, 6) is -0.569. The minimum absolute atomic E-state index is 0.232. The van der Waals surface area contributed by atoms with Gasteiger partial charge < -0.3 is 9.88 Å². The molecular weight excluding hydrogens is 291 g/mol. The SMILES string of the molecule is O=C(/C=C/c1ccccc1F)NCCn1ccc2ccccc21. The molecule has 0 saturated heterocycles. The minimum atomic E-state index is -0.338. The largest absolute Gasteiger partial charge is 0.351 e. The summed E-state index contributed by atoms with van der Waals surface area (Å²) in [4.78, 5) is 11.8. The van der Waals surface area contributed by atoms with Crippen LogP contribution in [-0.2, 0) is 11.3 Å². The second-order valence-corrected chi connectivity index (χ2v) is 5.21. The summed E-state index contributed by atoms with van der Waals surface area (Å²) in [6, 6.07) is 16.5. The number of halogens is 1. The lowest BCUT2D eigenvalue weighted by molar-refractivity contribution is -0.116. The summed E-state index contributed by atoms with van der Waals surface area (Å²) >= 11 is 0. The number of amides is 1. The standard InChI is InChI=1S/C19H17FN2O/c20-17-7-3-1-5-15(17)9-10-19(23)21-12-14-22-13-11-16-6-2-4-8-18(16)22/h1-11,13H,12,14H2,(H,21,23)/b10-9+. The van der Waals surface area contributed by atoms with Crippen molar-refractivity contribution < 1.29 is 9.18 Å². The van der Waals surface area contributed by atoms with Gasteiger partial charge in [-0.15, -0.1) is 0 Å². The fraction of sp³-hybridized carbons (Fsp3) is 0.105. The molecule has 1 heterocycles. The summed E-state index contributed by atoms with van der Waals surface area (Å²) in [5, 5.41) is 3.99. The third-order valence-corrected chi connectivity index (χ3v) is 3.65. The van der Waals surface area contributed by atoms with Crippen LogP contribution in [0.2, 0.25) is 0 Å². The van der Waals surface area contributed by atoms with Crippen LogP contribution in [0.4, 0.5) is 4.39 Å². The van der Waals surface area contributed by atoms with Gasteiger partial charge in [0.05, 0.1) is 0 Å². The van der Waals surface area contributed by atoms with Crippen molar-refractivity contribution in [1.29, 1.82) is 0 Å². The van der Waals surface area contributed by atoms with Gasteiger partial charge in [-0.1, -0.05) is 36.4 Å². The van der Waals surface area contributed by atoms with E-state index in [2.05, 4.69) is 28.1 Å². The molecule has 0 bridgehead atoms. The molecule has 1 amide bonds. The molecule has 1 N–H and O–H groups in total. The molecule has 4 heteroatoms. The zero-order chi connectivity index (χ0) is 16.1. The van der Waals surface area contributed by atoms with Crippen LogP contribution in [0.15, 0.2) is 66.9 Å². The molecule has 23 heavy (non-hydrogen) atoms. The summed E-state index contributed by atoms with van der Waals surface area (Å²) in [5.41, 5.74) is 1.54. The first kappa shape index (κ1) is 15.0. The highest BCUT2D eigenvalue weighted by molar-refractivity contribution is 5.91. The number of nitrogens with one attached hydrogen (secondary N) is 1. The van der Waals surface area contributed by atoms with E-state index in [4.69, 9.17) is 0 Å². The van der Waals surface area contributed by atoms with Gasteiger partial charge in [-0.3, -0.25) is 4.79 Å². The second kappa shape index (κ2) is 6.92. The lowest BCUT2D eigenvalue weighted by atomic mass is 10.2. The zero-order valence-corrected chi connectivity index (χ0v) is 12.6. The molecule has 0 radical (unpaired) electrons. The highest BCUT2D eigenvalue weighted by Gasteiger charge is 2.01. The van der Waals surface area contributed by atoms with Crippen LogP contribution in [-0.4, -0.2) is 17.0 Å². The van der Waals surface area contributed by atoms with Gasteiger partial charge >= 0.3 is 0 Å². The molecule has 0 unspecified atom stereocenters. The Kier molecular flexibility index (Phi) is 4.52. The molecular formula is C19H17FN2O. The quantitative estimate of drug-likeness (QED) is 0.718. The van der Waals surface area contributed by atoms with Crippen LogP contribution < -0.4 is 5.32 Å². The van der Waals surface area contributed by atoms with Crippen molar-refractivity contribution in [3.05, 3.63) is 78.3 Å². The Labute approximate surface area is 134 Å². The van der Waals surface area contributed by atoms with Crippen molar-refractivity contribution in [1.82, 2.24) is 9.88 Å². The zero-order valence-electron chi connectivity index (χ0n) is 12.6. The Bertz CT molecular complexity index is 851. The van der Waals surface area contributed by atoms with Crippen molar-refractivity contribution in [3.63, 3.8) is 0 Å². The maximum absolute atomic E-state index is 13.4. The Morgan fingerprint density at radius 3 is 2.74 bits per heavy atom. The maximum atomic E-state index is 13.4. The number of aromatic nitrogens is 1. The Morgan fingerprint density at radius 1 is 1.09 bits per heavy atom. The van der Waals surface area contributed by atoms with E-state index in [1.807, 2.05) is 18.3 Å². The first-order valence-corrected chi connectivity index (χ1v) is 7.48. The van der Waals surface area contributed by atoms with Gasteiger partial charge in [0.15, 0.2) is 0 Å². The summed E-state index contributed by atoms with van der Waals surface area (Å²) in [7, 11) is 0. The fourth-order valence-electron chi connectivity index (χ4n) is 2.47. The normalized spacial score (nSPS) is 11.2. The minimum Gasteiger partial charge on any atom is -0.351 e. The molecule has 0 spiro atoms. The molecule has 1 aromatic heterocycles. The molecule has 3 aromatic rings. The molecule has 116 valence electrons. The van der Waals surface area contributed by atoms with Gasteiger partial charge in [-0.05, 0) is 29.7 Å². The second-order valence-electron chi connectivity index (χ2n) is 5.21. The van der Waals surface area contributed by atoms with Crippen molar-refractivity contribution in [3.8, 4) is 0 Å². The molecule has 0 aliphatic rings. The molecule has 2 aromatic carbocycles. The van der Waals surface area contributed by atoms with E-state index in [1.54, 1.807) is 18.2 Å². The number of nitrogens with zero attached hydrogens (tertiary/aromatic N) is 1. The van der Waals surface area contributed by atoms with E-state index in [0.29, 0.717) is 18.7 Å². The number of para-hydroxylation sites is 1. The van der Waals surface area contributed by atoms with E-state index in [0.717, 1.165) is 5.52 Å². The van der Waals surface area contributed by atoms with Gasteiger partial charge in [-0.25, -0.2) is 4.39 Å². The highest BCUT2D eigenvalue weighted by atomic mass is 19.1. The first-order chi connectivity index (χ1) is 11.2. The number of benzene rings is 2. The van der Waals surface area contributed by atoms with Gasteiger partial charge in [0, 0.05) is 36.4 Å². The number of carbonyl (C=O) groups excluding carboxylic acids is 1. The average molecular weight is 308 g/mol. The van der Waals surface area contributed by atoms with Crippen LogP contribution in [0.5, 0.6) is 0 Å². The number of hydrogen-bond acceptors (Lipinski definition) is 1. The number of fused-ring (bicyclic) bond motifs is 1. The van der Waals surface area contributed by atoms with Gasteiger partial charge in [-0.2, -0.15) is 0 Å². The lowest BCUT2D eigenvalue weighted by Gasteiger charge is -2.06. The Balaban J connectivity index is 1.54. The van der Waals surface area contributed by atoms with E-state index >= 15 is 0 Å². The topological polar surface area (TPSA) is 34.0 Å². The van der Waals surface area contributed by atoms with Crippen molar-refractivity contribution in [2.45, 2.75) is 6.54 Å². The van der Waals surface area contributed by atoms with Crippen LogP contribution in [0.3, 0.4) is 0 Å². The van der Waals surface area contributed by atoms with Crippen LogP contribution in [0, 0.1) is 5.82 Å². The maximum Gasteiger partial charge on any atom is 0.244 e. The predicted molar refractivity (Wildman–Crippen MR) is 90.4 cm³/mol. The number of carbonyl (C=O) groups is 1. The Morgan fingerprint density at radius 2 is 1.87 bits per heavy atom. The number of rotatable bonds is 5. The molecule has 0 saturated carbocycles. The first-order valence-electron chi connectivity index (χ1n) is 7.48. The van der Waals surface area contributed by atoms with E-state index in [9.17, 15) is 9.18 Å². The van der Waals surface area contributed by atoms with E-state index in [-0.39, 0.29) is 11.7 Å². The lowest BCUT2D eigenvalue weighted by Crippen LogP contribution is -2.25. The number of hydrogen-bond donors (Lipinski definition) is 1. The summed E-state index contributed by atoms with van der Waals surface area (Å²) < 4.78 is 15.5. The third kappa shape index (κ3) is 3.66. The van der Waals surface area contributed by atoms with Gasteiger partial charge in [0.25, 0.3) is 0 Å². The fourth-order valence-corrected chi connectivity index (χ4v) is 2.47. The van der Waals surface area contributed by atoms with E-state index in [1.165, 1.54) is 23.6 Å². The van der Waals surface area contributed by atoms with Gasteiger partial charge in [0.1, 0.15) is 5.82 Å². The molecule has 3 nitrogen and oxygen atoms in total. The van der Waals surface area contributed by atoms with Crippen LogP contribution >= 0.6 is 0 Å². The van der Waals surface area contributed by atoms with Crippen LogP contribution in [0.25, 0.3) is 17.0 Å². The third-order valence-electron chi connectivity index (χ3n) is 3.65. The Hall–Kier alpha value is -2.88. The van der Waals surface area contributed by atoms with E-state index < -0.39 is 0 Å². The monoisotopic (exact) mass is 308 g/mol. The molecule has 3 rings (SSSR count).